The lowest BCUT2D eigenvalue weighted by Crippen LogP contribution is -2.23. The molecular formula is C19H19N3O. The number of rotatable bonds is 4. The molecule has 0 aliphatic rings. The van der Waals surface area contributed by atoms with Gasteiger partial charge < -0.3 is 5.32 Å². The van der Waals surface area contributed by atoms with Crippen LogP contribution in [0.25, 0.3) is 11.1 Å². The average Bonchev–Trinajstić information content (AvgIpc) is 2.92. The Kier molecular flexibility index (Phi) is 4.24. The number of nitrogens with one attached hydrogen (secondary N) is 2. The van der Waals surface area contributed by atoms with Crippen molar-refractivity contribution in [3.05, 3.63) is 77.1 Å². The standard InChI is InChI=1S/C19H19N3O/c1-13-18(14(2)22-21-13)12-20-19(23)17-10-6-9-16(11-17)15-7-4-3-5-8-15/h3-11H,12H2,1-2H3,(H,20,23)(H,21,22). The number of nitrogens with zero attached hydrogens (tertiary/aromatic N) is 1. The molecule has 116 valence electrons. The van der Waals surface area contributed by atoms with Crippen LogP contribution in [0.2, 0.25) is 0 Å². The smallest absolute Gasteiger partial charge is 0.251 e. The predicted molar refractivity (Wildman–Crippen MR) is 91.1 cm³/mol. The lowest BCUT2D eigenvalue weighted by Gasteiger charge is -2.08. The first-order valence-corrected chi connectivity index (χ1v) is 7.59. The normalized spacial score (nSPS) is 10.5. The highest BCUT2D eigenvalue weighted by atomic mass is 16.1. The van der Waals surface area contributed by atoms with Crippen molar-refractivity contribution in [2.45, 2.75) is 20.4 Å². The molecule has 0 saturated carbocycles. The number of aryl methyl sites for hydroxylation is 2. The van der Waals surface area contributed by atoms with E-state index >= 15 is 0 Å². The average molecular weight is 305 g/mol. The molecule has 4 nitrogen and oxygen atoms in total. The number of aromatic nitrogens is 2. The maximum absolute atomic E-state index is 12.4. The second-order valence-corrected chi connectivity index (χ2v) is 5.54. The molecule has 0 saturated heterocycles. The van der Waals surface area contributed by atoms with Crippen molar-refractivity contribution in [2.75, 3.05) is 0 Å². The molecule has 0 spiro atoms. The van der Waals surface area contributed by atoms with Gasteiger partial charge in [0.2, 0.25) is 0 Å². The summed E-state index contributed by atoms with van der Waals surface area (Å²) in [4.78, 5) is 12.4. The minimum atomic E-state index is -0.0808. The molecule has 23 heavy (non-hydrogen) atoms. The fourth-order valence-electron chi connectivity index (χ4n) is 2.58. The Morgan fingerprint density at radius 3 is 2.48 bits per heavy atom. The number of amides is 1. The van der Waals surface area contributed by atoms with Gasteiger partial charge >= 0.3 is 0 Å². The van der Waals surface area contributed by atoms with Crippen LogP contribution < -0.4 is 5.32 Å². The summed E-state index contributed by atoms with van der Waals surface area (Å²) in [6.07, 6.45) is 0. The highest BCUT2D eigenvalue weighted by molar-refractivity contribution is 5.95. The van der Waals surface area contributed by atoms with Gasteiger partial charge in [-0.3, -0.25) is 9.89 Å². The molecule has 1 heterocycles. The van der Waals surface area contributed by atoms with Gasteiger partial charge in [-0.15, -0.1) is 0 Å². The van der Waals surface area contributed by atoms with E-state index in [2.05, 4.69) is 15.5 Å². The number of carbonyl (C=O) groups excluding carboxylic acids is 1. The van der Waals surface area contributed by atoms with Gasteiger partial charge in [-0.05, 0) is 37.1 Å². The summed E-state index contributed by atoms with van der Waals surface area (Å²) in [5, 5.41) is 10.0. The van der Waals surface area contributed by atoms with Gasteiger partial charge in [0.05, 0.1) is 5.69 Å². The van der Waals surface area contributed by atoms with E-state index in [1.54, 1.807) is 0 Å². The third kappa shape index (κ3) is 3.31. The Labute approximate surface area is 135 Å². The summed E-state index contributed by atoms with van der Waals surface area (Å²) in [5.41, 5.74) is 5.74. The number of hydrogen-bond acceptors (Lipinski definition) is 2. The Morgan fingerprint density at radius 2 is 1.78 bits per heavy atom. The first kappa shape index (κ1) is 15.0. The first-order chi connectivity index (χ1) is 11.1. The highest BCUT2D eigenvalue weighted by Crippen LogP contribution is 2.20. The van der Waals surface area contributed by atoms with Crippen LogP contribution in [0, 0.1) is 13.8 Å². The third-order valence-electron chi connectivity index (χ3n) is 3.94. The van der Waals surface area contributed by atoms with Crippen LogP contribution in [0.15, 0.2) is 54.6 Å². The molecular weight excluding hydrogens is 286 g/mol. The van der Waals surface area contributed by atoms with Crippen LogP contribution in [0.1, 0.15) is 27.3 Å². The van der Waals surface area contributed by atoms with Crippen molar-refractivity contribution in [1.29, 1.82) is 0 Å². The van der Waals surface area contributed by atoms with Crippen molar-refractivity contribution >= 4 is 5.91 Å². The summed E-state index contributed by atoms with van der Waals surface area (Å²) in [5.74, 6) is -0.0808. The molecule has 0 unspecified atom stereocenters. The van der Waals surface area contributed by atoms with Crippen LogP contribution in [-0.4, -0.2) is 16.1 Å². The lowest BCUT2D eigenvalue weighted by atomic mass is 10.0. The Morgan fingerprint density at radius 1 is 1.04 bits per heavy atom. The molecule has 3 rings (SSSR count). The number of H-pyrrole nitrogens is 1. The molecule has 0 aliphatic carbocycles. The second kappa shape index (κ2) is 6.48. The van der Waals surface area contributed by atoms with Crippen LogP contribution in [0.4, 0.5) is 0 Å². The summed E-state index contributed by atoms with van der Waals surface area (Å²) in [6, 6.07) is 17.7. The van der Waals surface area contributed by atoms with Crippen LogP contribution >= 0.6 is 0 Å². The van der Waals surface area contributed by atoms with Gasteiger partial charge in [0.1, 0.15) is 0 Å². The zero-order valence-electron chi connectivity index (χ0n) is 13.3. The van der Waals surface area contributed by atoms with Gasteiger partial charge in [0, 0.05) is 23.4 Å². The molecule has 0 radical (unpaired) electrons. The minimum Gasteiger partial charge on any atom is -0.348 e. The Balaban J connectivity index is 1.75. The zero-order valence-corrected chi connectivity index (χ0v) is 13.3. The number of hydrogen-bond donors (Lipinski definition) is 2. The van der Waals surface area contributed by atoms with Crippen molar-refractivity contribution < 1.29 is 4.79 Å². The van der Waals surface area contributed by atoms with E-state index in [1.807, 2.05) is 68.4 Å². The fraction of sp³-hybridized carbons (Fsp3) is 0.158. The molecule has 2 N–H and O–H groups in total. The molecule has 1 aromatic heterocycles. The molecule has 1 amide bonds. The fourth-order valence-corrected chi connectivity index (χ4v) is 2.58. The van der Waals surface area contributed by atoms with E-state index < -0.39 is 0 Å². The van der Waals surface area contributed by atoms with Crippen LogP contribution in [-0.2, 0) is 6.54 Å². The van der Waals surface area contributed by atoms with Gasteiger partial charge in [0.15, 0.2) is 0 Å². The highest BCUT2D eigenvalue weighted by Gasteiger charge is 2.10. The topological polar surface area (TPSA) is 57.8 Å². The zero-order chi connectivity index (χ0) is 16.2. The van der Waals surface area contributed by atoms with E-state index in [9.17, 15) is 4.79 Å². The Hall–Kier alpha value is -2.88. The summed E-state index contributed by atoms with van der Waals surface area (Å²) in [7, 11) is 0. The van der Waals surface area contributed by atoms with E-state index in [0.29, 0.717) is 12.1 Å². The summed E-state index contributed by atoms with van der Waals surface area (Å²) >= 11 is 0. The monoisotopic (exact) mass is 305 g/mol. The van der Waals surface area contributed by atoms with Gasteiger partial charge in [0.25, 0.3) is 5.91 Å². The molecule has 0 aliphatic heterocycles. The number of benzene rings is 2. The first-order valence-electron chi connectivity index (χ1n) is 7.59. The van der Waals surface area contributed by atoms with E-state index in [1.165, 1.54) is 0 Å². The largest absolute Gasteiger partial charge is 0.348 e. The van der Waals surface area contributed by atoms with Crippen LogP contribution in [0.3, 0.4) is 0 Å². The molecule has 0 bridgehead atoms. The lowest BCUT2D eigenvalue weighted by molar-refractivity contribution is 0.0951. The van der Waals surface area contributed by atoms with E-state index in [4.69, 9.17) is 0 Å². The third-order valence-corrected chi connectivity index (χ3v) is 3.94. The second-order valence-electron chi connectivity index (χ2n) is 5.54. The predicted octanol–water partition coefficient (Wildman–Crippen LogP) is 3.62. The van der Waals surface area contributed by atoms with Crippen LogP contribution in [0.5, 0.6) is 0 Å². The number of carbonyl (C=O) groups is 1. The molecule has 4 heteroatoms. The quantitative estimate of drug-likeness (QED) is 0.773. The van der Waals surface area contributed by atoms with E-state index in [-0.39, 0.29) is 5.91 Å². The Bertz CT molecular complexity index is 802. The van der Waals surface area contributed by atoms with Gasteiger partial charge in [-0.25, -0.2) is 0 Å². The molecule has 3 aromatic rings. The van der Waals surface area contributed by atoms with Crippen molar-refractivity contribution in [2.24, 2.45) is 0 Å². The molecule has 0 fully saturated rings. The van der Waals surface area contributed by atoms with Gasteiger partial charge in [-0.1, -0.05) is 42.5 Å². The summed E-state index contributed by atoms with van der Waals surface area (Å²) < 4.78 is 0. The minimum absolute atomic E-state index is 0.0808. The van der Waals surface area contributed by atoms with Gasteiger partial charge in [-0.2, -0.15) is 5.10 Å². The van der Waals surface area contributed by atoms with E-state index in [0.717, 1.165) is 28.1 Å². The maximum atomic E-state index is 12.4. The van der Waals surface area contributed by atoms with Crippen molar-refractivity contribution in [1.82, 2.24) is 15.5 Å². The van der Waals surface area contributed by atoms with Crippen molar-refractivity contribution in [3.8, 4) is 11.1 Å². The summed E-state index contributed by atoms with van der Waals surface area (Å²) in [6.45, 7) is 4.36. The maximum Gasteiger partial charge on any atom is 0.251 e. The SMILES string of the molecule is Cc1n[nH]c(C)c1CNC(=O)c1cccc(-c2ccccc2)c1. The number of aromatic amines is 1. The molecule has 0 atom stereocenters. The molecule has 2 aromatic carbocycles. The van der Waals surface area contributed by atoms with Crippen molar-refractivity contribution in [3.63, 3.8) is 0 Å².